The SMILES string of the molecule is COCCn1c(N)c(NCCCCO)c(=O)[nH]c1=O. The first-order valence-electron chi connectivity index (χ1n) is 6.08. The van der Waals surface area contributed by atoms with Crippen molar-refractivity contribution in [2.45, 2.75) is 19.4 Å². The van der Waals surface area contributed by atoms with Gasteiger partial charge in [0.2, 0.25) is 0 Å². The number of rotatable bonds is 8. The molecule has 0 atom stereocenters. The molecule has 1 aromatic heterocycles. The summed E-state index contributed by atoms with van der Waals surface area (Å²) in [5.74, 6) is 0.0924. The average Bonchev–Trinajstić information content (AvgIpc) is 2.37. The molecular weight excluding hydrogens is 252 g/mol. The van der Waals surface area contributed by atoms with E-state index in [2.05, 4.69) is 10.3 Å². The molecule has 0 aliphatic rings. The van der Waals surface area contributed by atoms with Gasteiger partial charge in [0, 0.05) is 20.3 Å². The van der Waals surface area contributed by atoms with E-state index in [0.29, 0.717) is 26.0 Å². The third-order valence-corrected chi connectivity index (χ3v) is 2.65. The number of ether oxygens (including phenoxy) is 1. The number of hydrogen-bond acceptors (Lipinski definition) is 6. The highest BCUT2D eigenvalue weighted by molar-refractivity contribution is 5.60. The highest BCUT2D eigenvalue weighted by Gasteiger charge is 2.11. The Labute approximate surface area is 110 Å². The zero-order chi connectivity index (χ0) is 14.3. The Morgan fingerprint density at radius 2 is 2.16 bits per heavy atom. The first kappa shape index (κ1) is 15.3. The average molecular weight is 272 g/mol. The number of aliphatic hydroxyl groups is 1. The smallest absolute Gasteiger partial charge is 0.330 e. The highest BCUT2D eigenvalue weighted by atomic mass is 16.5. The first-order valence-corrected chi connectivity index (χ1v) is 6.08. The normalized spacial score (nSPS) is 10.6. The van der Waals surface area contributed by atoms with Gasteiger partial charge < -0.3 is 20.9 Å². The van der Waals surface area contributed by atoms with Crippen LogP contribution in [0.25, 0.3) is 0 Å². The highest BCUT2D eigenvalue weighted by Crippen LogP contribution is 2.09. The van der Waals surface area contributed by atoms with E-state index in [1.807, 2.05) is 0 Å². The molecule has 0 aliphatic heterocycles. The summed E-state index contributed by atoms with van der Waals surface area (Å²) in [6, 6.07) is 0. The van der Waals surface area contributed by atoms with Gasteiger partial charge in [-0.05, 0) is 12.8 Å². The lowest BCUT2D eigenvalue weighted by Gasteiger charge is -2.13. The van der Waals surface area contributed by atoms with Crippen LogP contribution < -0.4 is 22.3 Å². The van der Waals surface area contributed by atoms with Gasteiger partial charge in [-0.2, -0.15) is 0 Å². The van der Waals surface area contributed by atoms with Crippen molar-refractivity contribution in [2.75, 3.05) is 37.9 Å². The summed E-state index contributed by atoms with van der Waals surface area (Å²) in [4.78, 5) is 25.5. The molecule has 0 bridgehead atoms. The maximum Gasteiger partial charge on any atom is 0.330 e. The topological polar surface area (TPSA) is 122 Å². The number of H-pyrrole nitrogens is 1. The first-order chi connectivity index (χ1) is 9.11. The predicted octanol–water partition coefficient (Wildman–Crippen LogP) is -1.05. The third kappa shape index (κ3) is 4.11. The molecule has 0 radical (unpaired) electrons. The van der Waals surface area contributed by atoms with Crippen molar-refractivity contribution in [2.24, 2.45) is 0 Å². The lowest BCUT2D eigenvalue weighted by Crippen LogP contribution is -2.35. The van der Waals surface area contributed by atoms with Crippen molar-refractivity contribution in [1.82, 2.24) is 9.55 Å². The molecule has 0 unspecified atom stereocenters. The summed E-state index contributed by atoms with van der Waals surface area (Å²) in [5, 5.41) is 11.6. The summed E-state index contributed by atoms with van der Waals surface area (Å²) in [6.45, 7) is 1.18. The fourth-order valence-electron chi connectivity index (χ4n) is 1.61. The van der Waals surface area contributed by atoms with Gasteiger partial charge >= 0.3 is 5.69 Å². The van der Waals surface area contributed by atoms with Crippen LogP contribution in [-0.2, 0) is 11.3 Å². The van der Waals surface area contributed by atoms with Crippen LogP contribution in [0.1, 0.15) is 12.8 Å². The molecule has 1 rings (SSSR count). The molecule has 0 saturated heterocycles. The fourth-order valence-corrected chi connectivity index (χ4v) is 1.61. The molecule has 0 aromatic carbocycles. The number of methoxy groups -OCH3 is 1. The van der Waals surface area contributed by atoms with E-state index >= 15 is 0 Å². The second kappa shape index (κ2) is 7.59. The quantitative estimate of drug-likeness (QED) is 0.448. The van der Waals surface area contributed by atoms with Crippen molar-refractivity contribution in [3.8, 4) is 0 Å². The Bertz CT molecular complexity index is 508. The van der Waals surface area contributed by atoms with Crippen molar-refractivity contribution in [1.29, 1.82) is 0 Å². The van der Waals surface area contributed by atoms with E-state index in [4.69, 9.17) is 15.6 Å². The Morgan fingerprint density at radius 1 is 1.42 bits per heavy atom. The van der Waals surface area contributed by atoms with Crippen LogP contribution in [0.2, 0.25) is 0 Å². The summed E-state index contributed by atoms with van der Waals surface area (Å²) < 4.78 is 6.13. The number of aromatic nitrogens is 2. The van der Waals surface area contributed by atoms with Gasteiger partial charge in [0.25, 0.3) is 5.56 Å². The lowest BCUT2D eigenvalue weighted by atomic mass is 10.3. The minimum atomic E-state index is -0.555. The van der Waals surface area contributed by atoms with E-state index in [1.54, 1.807) is 0 Å². The lowest BCUT2D eigenvalue weighted by molar-refractivity contribution is 0.186. The van der Waals surface area contributed by atoms with Crippen LogP contribution in [0.4, 0.5) is 11.5 Å². The number of anilines is 2. The molecule has 19 heavy (non-hydrogen) atoms. The zero-order valence-electron chi connectivity index (χ0n) is 10.9. The fraction of sp³-hybridized carbons (Fsp3) is 0.636. The number of aromatic amines is 1. The Morgan fingerprint density at radius 3 is 2.79 bits per heavy atom. The van der Waals surface area contributed by atoms with Gasteiger partial charge in [-0.3, -0.25) is 14.3 Å². The number of nitrogen functional groups attached to an aromatic ring is 1. The summed E-state index contributed by atoms with van der Waals surface area (Å²) in [6.07, 6.45) is 1.33. The molecule has 1 heterocycles. The van der Waals surface area contributed by atoms with Crippen molar-refractivity contribution < 1.29 is 9.84 Å². The molecule has 0 spiro atoms. The van der Waals surface area contributed by atoms with Crippen molar-refractivity contribution >= 4 is 11.5 Å². The van der Waals surface area contributed by atoms with Gasteiger partial charge in [-0.25, -0.2) is 4.79 Å². The van der Waals surface area contributed by atoms with Gasteiger partial charge in [0.1, 0.15) is 11.5 Å². The van der Waals surface area contributed by atoms with Crippen LogP contribution >= 0.6 is 0 Å². The number of hydrogen-bond donors (Lipinski definition) is 4. The van der Waals surface area contributed by atoms with E-state index in [9.17, 15) is 9.59 Å². The molecule has 0 saturated carbocycles. The third-order valence-electron chi connectivity index (χ3n) is 2.65. The number of nitrogens with zero attached hydrogens (tertiary/aromatic N) is 1. The van der Waals surface area contributed by atoms with Gasteiger partial charge in [0.15, 0.2) is 0 Å². The molecule has 5 N–H and O–H groups in total. The second-order valence-corrected chi connectivity index (χ2v) is 4.02. The van der Waals surface area contributed by atoms with Crippen molar-refractivity contribution in [3.05, 3.63) is 20.8 Å². The van der Waals surface area contributed by atoms with Gasteiger partial charge in [-0.1, -0.05) is 0 Å². The van der Waals surface area contributed by atoms with Crippen LogP contribution in [0.3, 0.4) is 0 Å². The molecule has 108 valence electrons. The summed E-state index contributed by atoms with van der Waals surface area (Å²) >= 11 is 0. The Kier molecular flexibility index (Phi) is 6.10. The summed E-state index contributed by atoms with van der Waals surface area (Å²) in [7, 11) is 1.51. The van der Waals surface area contributed by atoms with Crippen LogP contribution in [0.5, 0.6) is 0 Å². The van der Waals surface area contributed by atoms with Crippen LogP contribution in [0.15, 0.2) is 9.59 Å². The van der Waals surface area contributed by atoms with Crippen molar-refractivity contribution in [3.63, 3.8) is 0 Å². The molecule has 0 amide bonds. The largest absolute Gasteiger partial charge is 0.396 e. The van der Waals surface area contributed by atoms with E-state index in [0.717, 1.165) is 0 Å². The Balaban J connectivity index is 2.90. The van der Waals surface area contributed by atoms with E-state index < -0.39 is 11.2 Å². The van der Waals surface area contributed by atoms with E-state index in [1.165, 1.54) is 11.7 Å². The van der Waals surface area contributed by atoms with Crippen LogP contribution in [-0.4, -0.2) is 41.5 Å². The van der Waals surface area contributed by atoms with Crippen LogP contribution in [0, 0.1) is 0 Å². The van der Waals surface area contributed by atoms with Gasteiger partial charge in [0.05, 0.1) is 13.2 Å². The molecule has 0 fully saturated rings. The minimum Gasteiger partial charge on any atom is -0.396 e. The zero-order valence-corrected chi connectivity index (χ0v) is 10.9. The second-order valence-electron chi connectivity index (χ2n) is 4.02. The van der Waals surface area contributed by atoms with E-state index in [-0.39, 0.29) is 24.7 Å². The molecule has 0 aliphatic carbocycles. The molecule has 8 nitrogen and oxygen atoms in total. The maximum atomic E-state index is 11.7. The number of nitrogens with two attached hydrogens (primary N) is 1. The molecular formula is C11H20N4O4. The number of unbranched alkanes of at least 4 members (excludes halogenated alkanes) is 1. The minimum absolute atomic E-state index is 0.0924. The Hall–Kier alpha value is -1.80. The summed E-state index contributed by atoms with van der Waals surface area (Å²) in [5.41, 5.74) is 4.89. The molecule has 1 aromatic rings. The maximum absolute atomic E-state index is 11.7. The monoisotopic (exact) mass is 272 g/mol. The predicted molar refractivity (Wildman–Crippen MR) is 72.4 cm³/mol. The van der Waals surface area contributed by atoms with Gasteiger partial charge in [-0.15, -0.1) is 0 Å². The number of nitrogens with one attached hydrogen (secondary N) is 2. The number of aliphatic hydroxyl groups excluding tert-OH is 1. The standard InChI is InChI=1S/C11H20N4O4/c1-19-7-5-15-9(12)8(10(17)14-11(15)18)13-4-2-3-6-16/h13,16H,2-7,12H2,1H3,(H,14,17,18). The molecule has 8 heteroatoms.